The van der Waals surface area contributed by atoms with Crippen LogP contribution in [0.5, 0.6) is 0 Å². The lowest BCUT2D eigenvalue weighted by Crippen LogP contribution is -2.23. The quantitative estimate of drug-likeness (QED) is 0.520. The molecule has 0 bridgehead atoms. The molecule has 0 saturated carbocycles. The van der Waals surface area contributed by atoms with Crippen LogP contribution in [0, 0.1) is 5.41 Å². The number of nitrogens with one attached hydrogen (secondary N) is 1. The van der Waals surface area contributed by atoms with E-state index in [4.69, 9.17) is 4.74 Å². The molecule has 1 aliphatic carbocycles. The highest BCUT2D eigenvalue weighted by Crippen LogP contribution is 2.35. The number of aromatic nitrogens is 2. The van der Waals surface area contributed by atoms with Crippen molar-refractivity contribution in [3.63, 3.8) is 0 Å². The van der Waals surface area contributed by atoms with Gasteiger partial charge in [0.15, 0.2) is 5.78 Å². The Kier molecular flexibility index (Phi) is 4.51. The minimum Gasteiger partial charge on any atom is -0.460 e. The van der Waals surface area contributed by atoms with Gasteiger partial charge < -0.3 is 4.74 Å². The molecule has 1 heterocycles. The number of Topliss-reactive ketones (excluding diaryl/α,β-unsaturated/α-hetero) is 1. The number of benzene rings is 1. The van der Waals surface area contributed by atoms with Gasteiger partial charge in [-0.05, 0) is 30.2 Å². The molecule has 2 aromatic rings. The van der Waals surface area contributed by atoms with Crippen molar-refractivity contribution in [2.75, 3.05) is 0 Å². The molecule has 1 aromatic heterocycles. The molecular weight excluding hydrogens is 304 g/mol. The minimum atomic E-state index is -0.517. The fourth-order valence-electron chi connectivity index (χ4n) is 3.08. The van der Waals surface area contributed by atoms with E-state index in [-0.39, 0.29) is 24.2 Å². The largest absolute Gasteiger partial charge is 0.460 e. The molecule has 0 unspecified atom stereocenters. The first-order valence-electron chi connectivity index (χ1n) is 8.23. The van der Waals surface area contributed by atoms with Gasteiger partial charge in [0, 0.05) is 11.3 Å². The van der Waals surface area contributed by atoms with Gasteiger partial charge in [-0.3, -0.25) is 14.7 Å². The van der Waals surface area contributed by atoms with E-state index in [0.717, 1.165) is 36.1 Å². The van der Waals surface area contributed by atoms with Crippen LogP contribution in [-0.4, -0.2) is 21.9 Å². The summed E-state index contributed by atoms with van der Waals surface area (Å²) < 4.78 is 5.18. The molecule has 0 atom stereocenters. The van der Waals surface area contributed by atoms with Crippen LogP contribution in [0.1, 0.15) is 54.0 Å². The van der Waals surface area contributed by atoms with Crippen molar-refractivity contribution >= 4 is 11.8 Å². The number of hydrogen-bond donors (Lipinski definition) is 1. The molecule has 1 aliphatic rings. The average molecular weight is 326 g/mol. The summed E-state index contributed by atoms with van der Waals surface area (Å²) in [7, 11) is 0. The van der Waals surface area contributed by atoms with Crippen LogP contribution < -0.4 is 0 Å². The summed E-state index contributed by atoms with van der Waals surface area (Å²) in [5, 5.41) is 7.12. The van der Waals surface area contributed by atoms with Crippen LogP contribution in [0.3, 0.4) is 0 Å². The lowest BCUT2D eigenvalue weighted by Gasteiger charge is -2.28. The van der Waals surface area contributed by atoms with E-state index in [1.54, 1.807) is 0 Å². The Bertz CT molecular complexity index is 747. The summed E-state index contributed by atoms with van der Waals surface area (Å²) in [5.74, 6) is -0.790. The van der Waals surface area contributed by atoms with Crippen molar-refractivity contribution in [3.8, 4) is 0 Å². The number of aromatic amines is 1. The standard InChI is InChI=1S/C19H22N2O3/c1-19(2)9-8-14-15(11-19)20-21-18(14)16(22)10-17(23)24-12-13-6-4-3-5-7-13/h3-7H,8-12H2,1-2H3,(H,20,21). The Balaban J connectivity index is 1.59. The van der Waals surface area contributed by atoms with E-state index in [9.17, 15) is 9.59 Å². The second-order valence-electron chi connectivity index (χ2n) is 7.12. The Hall–Kier alpha value is -2.43. The third-order valence-corrected chi connectivity index (χ3v) is 4.47. The van der Waals surface area contributed by atoms with Gasteiger partial charge >= 0.3 is 5.97 Å². The minimum absolute atomic E-state index is 0.180. The van der Waals surface area contributed by atoms with Crippen molar-refractivity contribution in [1.82, 2.24) is 10.2 Å². The molecule has 1 aromatic carbocycles. The molecule has 126 valence electrons. The zero-order chi connectivity index (χ0) is 17.2. The first-order chi connectivity index (χ1) is 11.4. The van der Waals surface area contributed by atoms with Gasteiger partial charge in [-0.25, -0.2) is 0 Å². The molecule has 3 rings (SSSR count). The summed E-state index contributed by atoms with van der Waals surface area (Å²) in [6, 6.07) is 9.41. The maximum absolute atomic E-state index is 12.4. The zero-order valence-electron chi connectivity index (χ0n) is 14.1. The van der Waals surface area contributed by atoms with Crippen molar-refractivity contribution in [3.05, 3.63) is 52.8 Å². The van der Waals surface area contributed by atoms with Gasteiger partial charge in [-0.1, -0.05) is 44.2 Å². The molecular formula is C19H22N2O3. The lowest BCUT2D eigenvalue weighted by atomic mass is 9.76. The number of fused-ring (bicyclic) bond motifs is 1. The number of carbonyl (C=O) groups is 2. The SMILES string of the molecule is CC1(C)CCc2c(C(=O)CC(=O)OCc3ccccc3)n[nH]c2C1. The van der Waals surface area contributed by atoms with Crippen LogP contribution in [0.4, 0.5) is 0 Å². The van der Waals surface area contributed by atoms with Crippen molar-refractivity contribution in [2.24, 2.45) is 5.41 Å². The molecule has 24 heavy (non-hydrogen) atoms. The van der Waals surface area contributed by atoms with E-state index in [1.807, 2.05) is 30.3 Å². The molecule has 0 aliphatic heterocycles. The molecule has 0 spiro atoms. The molecule has 5 nitrogen and oxygen atoms in total. The third kappa shape index (κ3) is 3.72. The topological polar surface area (TPSA) is 72.1 Å². The van der Waals surface area contributed by atoms with Gasteiger partial charge in [-0.2, -0.15) is 5.10 Å². The van der Waals surface area contributed by atoms with E-state index in [2.05, 4.69) is 24.0 Å². The Morgan fingerprint density at radius 3 is 2.75 bits per heavy atom. The third-order valence-electron chi connectivity index (χ3n) is 4.47. The Morgan fingerprint density at radius 1 is 1.25 bits per heavy atom. The maximum Gasteiger partial charge on any atom is 0.314 e. The summed E-state index contributed by atoms with van der Waals surface area (Å²) in [5.41, 5.74) is 3.51. The number of H-pyrrole nitrogens is 1. The summed E-state index contributed by atoms with van der Waals surface area (Å²) in [6.45, 7) is 4.60. The van der Waals surface area contributed by atoms with E-state index in [1.165, 1.54) is 0 Å². The van der Waals surface area contributed by atoms with Crippen LogP contribution in [0.2, 0.25) is 0 Å². The van der Waals surface area contributed by atoms with Gasteiger partial charge in [0.1, 0.15) is 18.7 Å². The summed E-state index contributed by atoms with van der Waals surface area (Å²) in [6.07, 6.45) is 2.44. The van der Waals surface area contributed by atoms with Crippen LogP contribution in [0.15, 0.2) is 30.3 Å². The van der Waals surface area contributed by atoms with Crippen molar-refractivity contribution in [2.45, 2.75) is 46.1 Å². The number of carbonyl (C=O) groups excluding carboxylic acids is 2. The van der Waals surface area contributed by atoms with Crippen LogP contribution in [-0.2, 0) is 29.0 Å². The monoisotopic (exact) mass is 326 g/mol. The van der Waals surface area contributed by atoms with Crippen LogP contribution in [0.25, 0.3) is 0 Å². The maximum atomic E-state index is 12.4. The van der Waals surface area contributed by atoms with Crippen LogP contribution >= 0.6 is 0 Å². The molecule has 0 fully saturated rings. The number of hydrogen-bond acceptors (Lipinski definition) is 4. The normalized spacial score (nSPS) is 15.6. The smallest absolute Gasteiger partial charge is 0.314 e. The highest BCUT2D eigenvalue weighted by Gasteiger charge is 2.31. The van der Waals surface area contributed by atoms with Gasteiger partial charge in [-0.15, -0.1) is 0 Å². The van der Waals surface area contributed by atoms with E-state index >= 15 is 0 Å². The number of esters is 1. The fraction of sp³-hybridized carbons (Fsp3) is 0.421. The van der Waals surface area contributed by atoms with Gasteiger partial charge in [0.2, 0.25) is 0 Å². The van der Waals surface area contributed by atoms with Gasteiger partial charge in [0.05, 0.1) is 0 Å². The highest BCUT2D eigenvalue weighted by atomic mass is 16.5. The van der Waals surface area contributed by atoms with E-state index in [0.29, 0.717) is 5.69 Å². The molecule has 0 saturated heterocycles. The Labute approximate surface area is 141 Å². The van der Waals surface area contributed by atoms with Gasteiger partial charge in [0.25, 0.3) is 0 Å². The molecule has 5 heteroatoms. The summed E-state index contributed by atoms with van der Waals surface area (Å²) in [4.78, 5) is 24.3. The van der Waals surface area contributed by atoms with E-state index < -0.39 is 5.97 Å². The number of ketones is 1. The second-order valence-corrected chi connectivity index (χ2v) is 7.12. The first-order valence-corrected chi connectivity index (χ1v) is 8.23. The number of nitrogens with zero attached hydrogens (tertiary/aromatic N) is 1. The fourth-order valence-corrected chi connectivity index (χ4v) is 3.08. The Morgan fingerprint density at radius 2 is 2.00 bits per heavy atom. The second kappa shape index (κ2) is 6.59. The average Bonchev–Trinajstić information content (AvgIpc) is 2.95. The predicted molar refractivity (Wildman–Crippen MR) is 89.6 cm³/mol. The predicted octanol–water partition coefficient (Wildman–Crippen LogP) is 3.24. The van der Waals surface area contributed by atoms with Crippen molar-refractivity contribution < 1.29 is 14.3 Å². The molecule has 1 N–H and O–H groups in total. The number of rotatable bonds is 5. The molecule has 0 amide bonds. The molecule has 0 radical (unpaired) electrons. The first kappa shape index (κ1) is 16.4. The zero-order valence-corrected chi connectivity index (χ0v) is 14.1. The summed E-state index contributed by atoms with van der Waals surface area (Å²) >= 11 is 0. The lowest BCUT2D eigenvalue weighted by molar-refractivity contribution is -0.143. The van der Waals surface area contributed by atoms with Crippen molar-refractivity contribution in [1.29, 1.82) is 0 Å². The number of ether oxygens (including phenoxy) is 1. The highest BCUT2D eigenvalue weighted by molar-refractivity contribution is 6.05.